The van der Waals surface area contributed by atoms with Gasteiger partial charge >= 0.3 is 12.1 Å². The monoisotopic (exact) mass is 494 g/mol. The maximum Gasteiger partial charge on any atom is 0.419 e. The molecule has 7 heteroatoms. The van der Waals surface area contributed by atoms with Crippen LogP contribution in [0.25, 0.3) is 10.9 Å². The largest absolute Gasteiger partial charge is 0.463 e. The number of ether oxygens (including phenoxy) is 2. The molecule has 0 N–H and O–H groups in total. The number of fused-ring (bicyclic) bond motifs is 1. The maximum absolute atomic E-state index is 13.0. The van der Waals surface area contributed by atoms with Crippen molar-refractivity contribution in [3.8, 4) is 0 Å². The number of rotatable bonds is 9. The summed E-state index contributed by atoms with van der Waals surface area (Å²) in [5, 5.41) is 0.959. The summed E-state index contributed by atoms with van der Waals surface area (Å²) in [4.78, 5) is 39.8. The first-order valence-electron chi connectivity index (χ1n) is 12.6. The first-order chi connectivity index (χ1) is 17.1. The fourth-order valence-electron chi connectivity index (χ4n) is 4.79. The van der Waals surface area contributed by atoms with E-state index in [0.29, 0.717) is 44.4 Å². The van der Waals surface area contributed by atoms with Crippen LogP contribution in [0.3, 0.4) is 0 Å². The summed E-state index contributed by atoms with van der Waals surface area (Å²) < 4.78 is 12.2. The molecule has 1 saturated heterocycles. The average Bonchev–Trinajstić information content (AvgIpc) is 3.20. The Labute approximate surface area is 213 Å². The van der Waals surface area contributed by atoms with Gasteiger partial charge in [0.25, 0.3) is 0 Å². The Bertz CT molecular complexity index is 1140. The molecule has 0 aliphatic carbocycles. The van der Waals surface area contributed by atoms with E-state index in [1.807, 2.05) is 62.2 Å². The molecule has 1 fully saturated rings. The smallest absolute Gasteiger partial charge is 0.419 e. The molecule has 1 aromatic heterocycles. The number of carbonyl (C=O) groups excluding carboxylic acids is 3. The summed E-state index contributed by atoms with van der Waals surface area (Å²) in [6.45, 7) is 16.0. The molecule has 0 bridgehead atoms. The Morgan fingerprint density at radius 2 is 1.94 bits per heavy atom. The van der Waals surface area contributed by atoms with Crippen LogP contribution < -0.4 is 0 Å². The molecule has 194 valence electrons. The minimum absolute atomic E-state index is 0.0749. The van der Waals surface area contributed by atoms with Crippen molar-refractivity contribution in [1.82, 2.24) is 9.47 Å². The lowest BCUT2D eigenvalue weighted by Gasteiger charge is -2.40. The Morgan fingerprint density at radius 1 is 1.22 bits per heavy atom. The molecule has 2 heterocycles. The van der Waals surface area contributed by atoms with Crippen LogP contribution in [0.5, 0.6) is 0 Å². The third-order valence-corrected chi connectivity index (χ3v) is 6.52. The first kappa shape index (κ1) is 27.2. The highest BCUT2D eigenvalue weighted by atomic mass is 16.6. The van der Waals surface area contributed by atoms with Gasteiger partial charge in [-0.2, -0.15) is 0 Å². The Morgan fingerprint density at radius 3 is 2.61 bits per heavy atom. The van der Waals surface area contributed by atoms with Gasteiger partial charge in [-0.1, -0.05) is 30.9 Å². The van der Waals surface area contributed by atoms with Gasteiger partial charge in [-0.05, 0) is 70.9 Å². The third-order valence-electron chi connectivity index (χ3n) is 6.52. The van der Waals surface area contributed by atoms with E-state index < -0.39 is 17.7 Å². The van der Waals surface area contributed by atoms with E-state index in [1.165, 1.54) is 0 Å². The molecule has 0 radical (unpaired) electrons. The molecule has 0 unspecified atom stereocenters. The number of carbonyl (C=O) groups is 3. The number of amides is 1. The van der Waals surface area contributed by atoms with Crippen LogP contribution in [0.1, 0.15) is 58.9 Å². The second kappa shape index (κ2) is 11.6. The Balaban J connectivity index is 1.81. The molecule has 0 spiro atoms. The fourth-order valence-corrected chi connectivity index (χ4v) is 4.79. The number of aromatic nitrogens is 1. The number of likely N-dealkylation sites (tertiary alicyclic amines) is 1. The molecule has 1 aliphatic rings. The molecular formula is C29H38N2O5. The summed E-state index contributed by atoms with van der Waals surface area (Å²) in [6.07, 6.45) is 6.15. The number of esters is 1. The molecule has 1 aliphatic heterocycles. The Kier molecular flexibility index (Phi) is 8.77. The third kappa shape index (κ3) is 6.45. The van der Waals surface area contributed by atoms with E-state index in [4.69, 9.17) is 9.47 Å². The van der Waals surface area contributed by atoms with Crippen molar-refractivity contribution in [2.24, 2.45) is 5.92 Å². The summed E-state index contributed by atoms with van der Waals surface area (Å²) in [7, 11) is 0. The van der Waals surface area contributed by atoms with E-state index in [1.54, 1.807) is 11.5 Å². The molecule has 2 aromatic rings. The summed E-state index contributed by atoms with van der Waals surface area (Å²) in [6, 6.07) is 7.63. The molecule has 0 saturated carbocycles. The van der Waals surface area contributed by atoms with Gasteiger partial charge in [0, 0.05) is 36.2 Å². The van der Waals surface area contributed by atoms with Gasteiger partial charge in [-0.25, -0.2) is 9.59 Å². The van der Waals surface area contributed by atoms with E-state index >= 15 is 0 Å². The van der Waals surface area contributed by atoms with Crippen molar-refractivity contribution in [3.63, 3.8) is 0 Å². The SMILES string of the molecule is C=C[C@@H]1CCC(=O)N(CCc2cn(C(=O)OC(C)(C)C)c3ccccc23)[C@H]1CCC(=C)C(=O)OCC. The van der Waals surface area contributed by atoms with Crippen LogP contribution in [0, 0.1) is 5.92 Å². The van der Waals surface area contributed by atoms with E-state index in [2.05, 4.69) is 13.2 Å². The zero-order chi connectivity index (χ0) is 26.5. The number of benzene rings is 1. The minimum Gasteiger partial charge on any atom is -0.463 e. The highest BCUT2D eigenvalue weighted by Gasteiger charge is 2.34. The van der Waals surface area contributed by atoms with Gasteiger partial charge < -0.3 is 14.4 Å². The van der Waals surface area contributed by atoms with Crippen molar-refractivity contribution >= 4 is 28.9 Å². The number of nitrogens with zero attached hydrogens (tertiary/aromatic N) is 2. The zero-order valence-electron chi connectivity index (χ0n) is 21.9. The predicted molar refractivity (Wildman–Crippen MR) is 141 cm³/mol. The van der Waals surface area contributed by atoms with E-state index in [9.17, 15) is 14.4 Å². The number of para-hydroxylation sites is 1. The van der Waals surface area contributed by atoms with Crippen LogP contribution in [0.15, 0.2) is 55.3 Å². The maximum atomic E-state index is 13.0. The number of hydrogen-bond acceptors (Lipinski definition) is 5. The fraction of sp³-hybridized carbons (Fsp3) is 0.483. The van der Waals surface area contributed by atoms with Crippen molar-refractivity contribution in [3.05, 3.63) is 60.8 Å². The van der Waals surface area contributed by atoms with Gasteiger partial charge in [0.05, 0.1) is 12.1 Å². The molecule has 2 atom stereocenters. The van der Waals surface area contributed by atoms with Crippen molar-refractivity contribution < 1.29 is 23.9 Å². The number of hydrogen-bond donors (Lipinski definition) is 0. The van der Waals surface area contributed by atoms with Gasteiger partial charge in [-0.15, -0.1) is 6.58 Å². The highest BCUT2D eigenvalue weighted by Crippen LogP contribution is 2.31. The second-order valence-corrected chi connectivity index (χ2v) is 10.2. The Hall–Kier alpha value is -3.35. The number of piperidine rings is 1. The predicted octanol–water partition coefficient (Wildman–Crippen LogP) is 5.66. The summed E-state index contributed by atoms with van der Waals surface area (Å²) >= 11 is 0. The van der Waals surface area contributed by atoms with Gasteiger partial charge in [0.15, 0.2) is 0 Å². The molecule has 1 amide bonds. The lowest BCUT2D eigenvalue weighted by molar-refractivity contribution is -0.138. The van der Waals surface area contributed by atoms with E-state index in [0.717, 1.165) is 22.9 Å². The molecule has 36 heavy (non-hydrogen) atoms. The standard InChI is InChI=1S/C29H38N2O5/c1-7-21-14-16-26(32)30(24(21)15-13-20(3)27(33)35-8-2)18-17-22-19-31(28(34)36-29(4,5)6)25-12-10-9-11-23(22)25/h7,9-12,19,21,24H,1,3,8,13-18H2,2,4-6H3/t21-,24+/m1/s1. The van der Waals surface area contributed by atoms with Crippen LogP contribution in [0.2, 0.25) is 0 Å². The van der Waals surface area contributed by atoms with Crippen molar-refractivity contribution in [2.75, 3.05) is 13.2 Å². The quantitative estimate of drug-likeness (QED) is 0.255. The van der Waals surface area contributed by atoms with Gasteiger partial charge in [-0.3, -0.25) is 9.36 Å². The highest BCUT2D eigenvalue weighted by molar-refractivity contribution is 5.92. The lowest BCUT2D eigenvalue weighted by atomic mass is 9.85. The van der Waals surface area contributed by atoms with Crippen LogP contribution in [-0.2, 0) is 25.5 Å². The van der Waals surface area contributed by atoms with Crippen molar-refractivity contribution in [2.45, 2.75) is 71.4 Å². The van der Waals surface area contributed by atoms with E-state index in [-0.39, 0.29) is 17.9 Å². The molecule has 1 aromatic carbocycles. The molecule has 7 nitrogen and oxygen atoms in total. The topological polar surface area (TPSA) is 77.8 Å². The van der Waals surface area contributed by atoms with Crippen LogP contribution in [0.4, 0.5) is 4.79 Å². The average molecular weight is 495 g/mol. The van der Waals surface area contributed by atoms with Gasteiger partial charge in [0.1, 0.15) is 5.60 Å². The first-order valence-corrected chi connectivity index (χ1v) is 12.6. The second-order valence-electron chi connectivity index (χ2n) is 10.2. The zero-order valence-corrected chi connectivity index (χ0v) is 21.9. The normalized spacial score (nSPS) is 18.2. The minimum atomic E-state index is -0.608. The van der Waals surface area contributed by atoms with Gasteiger partial charge in [0.2, 0.25) is 5.91 Å². The molecule has 3 rings (SSSR count). The van der Waals surface area contributed by atoms with Crippen molar-refractivity contribution in [1.29, 1.82) is 0 Å². The van der Waals surface area contributed by atoms with Crippen LogP contribution >= 0.6 is 0 Å². The summed E-state index contributed by atoms with van der Waals surface area (Å²) in [5.41, 5.74) is 1.55. The summed E-state index contributed by atoms with van der Waals surface area (Å²) in [5.74, 6) is -0.159. The van der Waals surface area contributed by atoms with Crippen LogP contribution in [-0.4, -0.2) is 52.2 Å². The lowest BCUT2D eigenvalue weighted by Crippen LogP contribution is -2.49. The molecular weight excluding hydrogens is 456 g/mol.